The van der Waals surface area contributed by atoms with E-state index >= 15 is 0 Å². The molecule has 1 atom stereocenters. The topological polar surface area (TPSA) is 75.2 Å². The second-order valence-corrected chi connectivity index (χ2v) is 6.87. The third-order valence-electron chi connectivity index (χ3n) is 4.72. The van der Waals surface area contributed by atoms with Crippen molar-refractivity contribution in [1.82, 2.24) is 20.2 Å². The van der Waals surface area contributed by atoms with E-state index in [1.807, 2.05) is 49.4 Å². The molecule has 0 aliphatic heterocycles. The molecule has 3 rings (SSSR count). The van der Waals surface area contributed by atoms with Crippen LogP contribution in [-0.4, -0.2) is 40.3 Å². The Balaban J connectivity index is 1.63. The minimum Gasteiger partial charge on any atom is -0.344 e. The minimum absolute atomic E-state index is 0.147. The van der Waals surface area contributed by atoms with Gasteiger partial charge in [0.05, 0.1) is 6.04 Å². The van der Waals surface area contributed by atoms with E-state index in [0.29, 0.717) is 12.1 Å². The molecule has 1 aromatic carbocycles. The number of aromatic nitrogens is 2. The highest BCUT2D eigenvalue weighted by molar-refractivity contribution is 5.98. The summed E-state index contributed by atoms with van der Waals surface area (Å²) in [5.41, 5.74) is 2.78. The Hall–Kier alpha value is -3.54. The molecule has 29 heavy (non-hydrogen) atoms. The molecule has 2 heterocycles. The lowest BCUT2D eigenvalue weighted by atomic mass is 10.1. The largest absolute Gasteiger partial charge is 0.344 e. The number of rotatable bonds is 7. The fraction of sp³-hybridized carbons (Fsp3) is 0.217. The Morgan fingerprint density at radius 2 is 1.76 bits per heavy atom. The zero-order valence-corrected chi connectivity index (χ0v) is 16.6. The number of hydrogen-bond donors (Lipinski definition) is 1. The molecule has 1 N–H and O–H groups in total. The monoisotopic (exact) mass is 388 g/mol. The van der Waals surface area contributed by atoms with Crippen LogP contribution in [-0.2, 0) is 6.42 Å². The van der Waals surface area contributed by atoms with E-state index in [1.165, 1.54) is 12.3 Å². The highest BCUT2D eigenvalue weighted by atomic mass is 16.2. The Morgan fingerprint density at radius 3 is 2.48 bits per heavy atom. The van der Waals surface area contributed by atoms with Crippen molar-refractivity contribution in [3.63, 3.8) is 0 Å². The average Bonchev–Trinajstić information content (AvgIpc) is 2.78. The first kappa shape index (κ1) is 20.2. The average molecular weight is 388 g/mol. The third-order valence-corrected chi connectivity index (χ3v) is 4.72. The molecule has 0 fully saturated rings. The van der Waals surface area contributed by atoms with E-state index < -0.39 is 0 Å². The van der Waals surface area contributed by atoms with Crippen LogP contribution in [0, 0.1) is 0 Å². The lowest BCUT2D eigenvalue weighted by Crippen LogP contribution is -2.30. The zero-order valence-electron chi connectivity index (χ0n) is 16.6. The van der Waals surface area contributed by atoms with Gasteiger partial charge in [-0.1, -0.05) is 30.3 Å². The number of hydrogen-bond acceptors (Lipinski definition) is 4. The van der Waals surface area contributed by atoms with Crippen molar-refractivity contribution in [2.45, 2.75) is 19.4 Å². The van der Waals surface area contributed by atoms with Gasteiger partial charge in [-0.3, -0.25) is 19.6 Å². The number of carbonyl (C=O) groups excluding carboxylic acids is 2. The minimum atomic E-state index is -0.310. The van der Waals surface area contributed by atoms with Gasteiger partial charge in [0.15, 0.2) is 0 Å². The van der Waals surface area contributed by atoms with Gasteiger partial charge in [-0.25, -0.2) is 0 Å². The molecular formula is C23H24N4O2. The van der Waals surface area contributed by atoms with Gasteiger partial charge in [-0.2, -0.15) is 0 Å². The Bertz CT molecular complexity index is 961. The molecule has 148 valence electrons. The van der Waals surface area contributed by atoms with Crippen LogP contribution in [0.1, 0.15) is 44.9 Å². The standard InChI is InChI=1S/C23H24N4O2/c1-17(19-6-4-3-5-7-19)26-22(28)21-16-20(10-14-25-21)23(29)27(2)15-11-18-8-12-24-13-9-18/h3-10,12-14,16-17H,11,15H2,1-2H3,(H,26,28). The summed E-state index contributed by atoms with van der Waals surface area (Å²) in [7, 11) is 1.75. The molecule has 1 unspecified atom stereocenters. The van der Waals surface area contributed by atoms with E-state index in [4.69, 9.17) is 0 Å². The van der Waals surface area contributed by atoms with Crippen LogP contribution in [0.5, 0.6) is 0 Å². The summed E-state index contributed by atoms with van der Waals surface area (Å²) in [6.45, 7) is 2.48. The van der Waals surface area contributed by atoms with Gasteiger partial charge >= 0.3 is 0 Å². The highest BCUT2D eigenvalue weighted by Crippen LogP contribution is 2.13. The molecule has 6 heteroatoms. The van der Waals surface area contributed by atoms with Gasteiger partial charge in [0, 0.05) is 37.7 Å². The molecule has 0 aliphatic rings. The van der Waals surface area contributed by atoms with Crippen LogP contribution in [0.15, 0.2) is 73.2 Å². The molecule has 0 radical (unpaired) electrons. The van der Waals surface area contributed by atoms with Crippen molar-refractivity contribution >= 4 is 11.8 Å². The summed E-state index contributed by atoms with van der Waals surface area (Å²) in [5.74, 6) is -0.456. The number of carbonyl (C=O) groups is 2. The van der Waals surface area contributed by atoms with E-state index in [9.17, 15) is 9.59 Å². The number of nitrogens with one attached hydrogen (secondary N) is 1. The van der Waals surface area contributed by atoms with Crippen LogP contribution in [0.3, 0.4) is 0 Å². The van der Waals surface area contributed by atoms with Crippen molar-refractivity contribution in [3.05, 3.63) is 95.6 Å². The molecule has 0 aliphatic carbocycles. The Labute approximate surface area is 170 Å². The second kappa shape index (κ2) is 9.59. The van der Waals surface area contributed by atoms with Crippen LogP contribution >= 0.6 is 0 Å². The normalized spacial score (nSPS) is 11.5. The molecule has 6 nitrogen and oxygen atoms in total. The van der Waals surface area contributed by atoms with E-state index in [0.717, 1.165) is 17.5 Å². The van der Waals surface area contributed by atoms with Crippen molar-refractivity contribution in [2.75, 3.05) is 13.6 Å². The van der Waals surface area contributed by atoms with E-state index in [2.05, 4.69) is 15.3 Å². The van der Waals surface area contributed by atoms with Gasteiger partial charge in [-0.15, -0.1) is 0 Å². The zero-order chi connectivity index (χ0) is 20.6. The fourth-order valence-electron chi connectivity index (χ4n) is 2.95. The van der Waals surface area contributed by atoms with E-state index in [1.54, 1.807) is 30.4 Å². The lowest BCUT2D eigenvalue weighted by molar-refractivity contribution is 0.0796. The molecule has 0 saturated carbocycles. The maximum absolute atomic E-state index is 12.7. The first-order valence-corrected chi connectivity index (χ1v) is 9.51. The number of nitrogens with zero attached hydrogens (tertiary/aromatic N) is 3. The van der Waals surface area contributed by atoms with Crippen molar-refractivity contribution in [1.29, 1.82) is 0 Å². The molecule has 0 bridgehead atoms. The van der Waals surface area contributed by atoms with Crippen LogP contribution in [0.4, 0.5) is 0 Å². The molecule has 0 spiro atoms. The Kier molecular flexibility index (Phi) is 6.68. The summed E-state index contributed by atoms with van der Waals surface area (Å²) < 4.78 is 0. The quantitative estimate of drug-likeness (QED) is 0.674. The van der Waals surface area contributed by atoms with Crippen LogP contribution in [0.25, 0.3) is 0 Å². The third kappa shape index (κ3) is 5.48. The molecule has 3 aromatic rings. The number of pyridine rings is 2. The second-order valence-electron chi connectivity index (χ2n) is 6.87. The van der Waals surface area contributed by atoms with Crippen LogP contribution < -0.4 is 5.32 Å². The van der Waals surface area contributed by atoms with Crippen molar-refractivity contribution in [3.8, 4) is 0 Å². The summed E-state index contributed by atoms with van der Waals surface area (Å²) in [4.78, 5) is 35.1. The molecular weight excluding hydrogens is 364 g/mol. The van der Waals surface area contributed by atoms with Gasteiger partial charge in [0.1, 0.15) is 5.69 Å². The smallest absolute Gasteiger partial charge is 0.270 e. The van der Waals surface area contributed by atoms with Gasteiger partial charge < -0.3 is 10.2 Å². The maximum Gasteiger partial charge on any atom is 0.270 e. The predicted octanol–water partition coefficient (Wildman–Crippen LogP) is 3.28. The van der Waals surface area contributed by atoms with Gasteiger partial charge in [-0.05, 0) is 48.7 Å². The Morgan fingerprint density at radius 1 is 1.03 bits per heavy atom. The number of likely N-dealkylation sites (N-methyl/N-ethyl adjacent to an activating group) is 1. The van der Waals surface area contributed by atoms with Crippen molar-refractivity contribution in [2.24, 2.45) is 0 Å². The van der Waals surface area contributed by atoms with Crippen LogP contribution in [0.2, 0.25) is 0 Å². The highest BCUT2D eigenvalue weighted by Gasteiger charge is 2.17. The summed E-state index contributed by atoms with van der Waals surface area (Å²) >= 11 is 0. The molecule has 2 amide bonds. The first-order valence-electron chi connectivity index (χ1n) is 9.51. The van der Waals surface area contributed by atoms with Gasteiger partial charge in [0.2, 0.25) is 0 Å². The fourth-order valence-corrected chi connectivity index (χ4v) is 2.95. The van der Waals surface area contributed by atoms with Gasteiger partial charge in [0.25, 0.3) is 11.8 Å². The van der Waals surface area contributed by atoms with E-state index in [-0.39, 0.29) is 23.6 Å². The summed E-state index contributed by atoms with van der Waals surface area (Å²) in [6, 6.07) is 16.6. The molecule has 0 saturated heterocycles. The summed E-state index contributed by atoms with van der Waals surface area (Å²) in [6.07, 6.45) is 5.70. The predicted molar refractivity (Wildman–Crippen MR) is 111 cm³/mol. The number of benzene rings is 1. The van der Waals surface area contributed by atoms with Crippen molar-refractivity contribution < 1.29 is 9.59 Å². The maximum atomic E-state index is 12.7. The SMILES string of the molecule is CC(NC(=O)c1cc(C(=O)N(C)CCc2ccncc2)ccn1)c1ccccc1. The first-order chi connectivity index (χ1) is 14.0. The number of amides is 2. The molecule has 2 aromatic heterocycles. The lowest BCUT2D eigenvalue weighted by Gasteiger charge is -2.18. The summed E-state index contributed by atoms with van der Waals surface area (Å²) in [5, 5.41) is 2.92.